The Kier molecular flexibility index (Phi) is 3.52. The molecule has 2 N–H and O–H groups in total. The Hall–Kier alpha value is -0.350. The highest BCUT2D eigenvalue weighted by Gasteiger charge is 2.34. The molecule has 0 spiro atoms. The third kappa shape index (κ3) is 2.74. The second-order valence-corrected chi connectivity index (χ2v) is 6.25. The predicted molar refractivity (Wildman–Crippen MR) is 74.1 cm³/mol. The summed E-state index contributed by atoms with van der Waals surface area (Å²) in [7, 11) is 0. The largest absolute Gasteiger partial charge is 0.360 e. The van der Waals surface area contributed by atoms with Gasteiger partial charge in [0, 0.05) is 18.6 Å². The van der Waals surface area contributed by atoms with E-state index in [4.69, 9.17) is 12.2 Å². The van der Waals surface area contributed by atoms with Crippen LogP contribution in [-0.2, 0) is 0 Å². The topological polar surface area (TPSA) is 27.3 Å². The van der Waals surface area contributed by atoms with Crippen molar-refractivity contribution in [3.63, 3.8) is 0 Å². The average Bonchev–Trinajstić information content (AvgIpc) is 2.83. The van der Waals surface area contributed by atoms with Crippen LogP contribution in [0.4, 0.5) is 0 Å². The van der Waals surface area contributed by atoms with E-state index in [0.29, 0.717) is 12.1 Å². The summed E-state index contributed by atoms with van der Waals surface area (Å²) in [6.07, 6.45) is 8.01. The molecule has 3 heterocycles. The van der Waals surface area contributed by atoms with Crippen LogP contribution in [0.1, 0.15) is 38.5 Å². The minimum atomic E-state index is 0.596. The molecular weight excluding hydrogens is 230 g/mol. The number of thiocarbonyl (C=S) groups is 1. The van der Waals surface area contributed by atoms with E-state index in [-0.39, 0.29) is 0 Å². The number of fused-ring (bicyclic) bond motifs is 3. The van der Waals surface area contributed by atoms with Crippen molar-refractivity contribution in [2.45, 2.75) is 50.6 Å². The van der Waals surface area contributed by atoms with Gasteiger partial charge < -0.3 is 15.5 Å². The van der Waals surface area contributed by atoms with E-state index in [1.165, 1.54) is 58.2 Å². The molecule has 1 saturated carbocycles. The minimum absolute atomic E-state index is 0.596. The predicted octanol–water partition coefficient (Wildman–Crippen LogP) is 1.49. The summed E-state index contributed by atoms with van der Waals surface area (Å²) >= 11 is 5.45. The lowest BCUT2D eigenvalue weighted by Gasteiger charge is -2.45. The van der Waals surface area contributed by atoms with Gasteiger partial charge in [-0.2, -0.15) is 0 Å². The first-order valence-corrected chi connectivity index (χ1v) is 7.51. The van der Waals surface area contributed by atoms with Gasteiger partial charge in [0.15, 0.2) is 5.11 Å². The molecule has 0 radical (unpaired) electrons. The normalized spacial score (nSPS) is 37.1. The molecule has 17 heavy (non-hydrogen) atoms. The molecule has 3 aliphatic heterocycles. The summed E-state index contributed by atoms with van der Waals surface area (Å²) in [5, 5.41) is 7.94. The fraction of sp³-hybridized carbons (Fsp3) is 0.923. The summed E-state index contributed by atoms with van der Waals surface area (Å²) in [6, 6.07) is 1.23. The van der Waals surface area contributed by atoms with Crippen molar-refractivity contribution in [3.8, 4) is 0 Å². The van der Waals surface area contributed by atoms with Crippen molar-refractivity contribution in [2.24, 2.45) is 5.92 Å². The molecule has 96 valence electrons. The van der Waals surface area contributed by atoms with E-state index in [2.05, 4.69) is 15.5 Å². The first-order chi connectivity index (χ1) is 8.31. The molecule has 0 amide bonds. The molecular formula is C13H23N3S. The number of rotatable bonds is 2. The van der Waals surface area contributed by atoms with Crippen LogP contribution in [0.5, 0.6) is 0 Å². The van der Waals surface area contributed by atoms with Crippen LogP contribution < -0.4 is 10.6 Å². The van der Waals surface area contributed by atoms with Crippen molar-refractivity contribution >= 4 is 17.3 Å². The van der Waals surface area contributed by atoms with Crippen molar-refractivity contribution in [1.29, 1.82) is 0 Å². The maximum absolute atomic E-state index is 5.45. The van der Waals surface area contributed by atoms with Gasteiger partial charge in [-0.3, -0.25) is 0 Å². The van der Waals surface area contributed by atoms with Gasteiger partial charge in [-0.15, -0.1) is 0 Å². The van der Waals surface area contributed by atoms with Crippen LogP contribution in [0.2, 0.25) is 0 Å². The highest BCUT2D eigenvalue weighted by atomic mass is 32.1. The van der Waals surface area contributed by atoms with Crippen LogP contribution in [0, 0.1) is 5.92 Å². The summed E-state index contributed by atoms with van der Waals surface area (Å²) < 4.78 is 0. The van der Waals surface area contributed by atoms with Gasteiger partial charge in [0.2, 0.25) is 0 Å². The zero-order valence-corrected chi connectivity index (χ0v) is 11.3. The molecule has 2 bridgehead atoms. The molecule has 1 unspecified atom stereocenters. The number of hydrogen-bond donors (Lipinski definition) is 2. The van der Waals surface area contributed by atoms with E-state index in [9.17, 15) is 0 Å². The fourth-order valence-electron chi connectivity index (χ4n) is 3.59. The van der Waals surface area contributed by atoms with Crippen LogP contribution in [-0.4, -0.2) is 41.7 Å². The van der Waals surface area contributed by atoms with E-state index < -0.39 is 0 Å². The third-order valence-corrected chi connectivity index (χ3v) is 4.90. The van der Waals surface area contributed by atoms with Crippen molar-refractivity contribution in [3.05, 3.63) is 0 Å². The smallest absolute Gasteiger partial charge is 0.166 e. The monoisotopic (exact) mass is 253 g/mol. The zero-order chi connectivity index (χ0) is 11.7. The molecule has 4 aliphatic rings. The van der Waals surface area contributed by atoms with Gasteiger partial charge in [-0.25, -0.2) is 0 Å². The van der Waals surface area contributed by atoms with Crippen LogP contribution in [0.3, 0.4) is 0 Å². The Morgan fingerprint density at radius 2 is 1.71 bits per heavy atom. The Labute approximate surface area is 109 Å². The molecule has 4 rings (SSSR count). The number of piperidine rings is 3. The molecule has 3 nitrogen and oxygen atoms in total. The molecule has 4 fully saturated rings. The standard InChI is InChI=1S/C13H23N3S/c17-13(14-11-3-1-2-4-11)15-12-9-16-7-5-10(12)6-8-16/h10-12H,1-9H2,(H2,14,15,17). The first kappa shape index (κ1) is 11.7. The minimum Gasteiger partial charge on any atom is -0.360 e. The fourth-order valence-corrected chi connectivity index (χ4v) is 3.91. The van der Waals surface area contributed by atoms with Crippen molar-refractivity contribution in [2.75, 3.05) is 19.6 Å². The van der Waals surface area contributed by atoms with Gasteiger partial charge in [0.05, 0.1) is 0 Å². The Morgan fingerprint density at radius 3 is 2.29 bits per heavy atom. The van der Waals surface area contributed by atoms with Crippen LogP contribution >= 0.6 is 12.2 Å². The summed E-state index contributed by atoms with van der Waals surface area (Å²) in [6.45, 7) is 3.79. The molecule has 1 aliphatic carbocycles. The van der Waals surface area contributed by atoms with E-state index in [0.717, 1.165) is 11.0 Å². The van der Waals surface area contributed by atoms with Crippen molar-refractivity contribution in [1.82, 2.24) is 15.5 Å². The lowest BCUT2D eigenvalue weighted by Crippen LogP contribution is -2.59. The zero-order valence-electron chi connectivity index (χ0n) is 10.5. The SMILES string of the molecule is S=C(NC1CCCC1)NC1CN2CCC1CC2. The van der Waals surface area contributed by atoms with Crippen molar-refractivity contribution < 1.29 is 0 Å². The Morgan fingerprint density at radius 1 is 1.00 bits per heavy atom. The average molecular weight is 253 g/mol. The van der Waals surface area contributed by atoms with Gasteiger partial charge in [0.25, 0.3) is 0 Å². The van der Waals surface area contributed by atoms with Gasteiger partial charge >= 0.3 is 0 Å². The highest BCUT2D eigenvalue weighted by Crippen LogP contribution is 2.27. The summed E-state index contributed by atoms with van der Waals surface area (Å²) in [4.78, 5) is 2.57. The molecule has 0 aromatic carbocycles. The second kappa shape index (κ2) is 5.11. The maximum Gasteiger partial charge on any atom is 0.166 e. The summed E-state index contributed by atoms with van der Waals surface area (Å²) in [5.41, 5.74) is 0. The van der Waals surface area contributed by atoms with E-state index in [1.54, 1.807) is 0 Å². The number of nitrogens with one attached hydrogen (secondary N) is 2. The lowest BCUT2D eigenvalue weighted by molar-refractivity contribution is 0.0811. The molecule has 1 atom stereocenters. The Bertz CT molecular complexity index is 280. The van der Waals surface area contributed by atoms with Crippen LogP contribution in [0.25, 0.3) is 0 Å². The lowest BCUT2D eigenvalue weighted by atomic mass is 9.84. The second-order valence-electron chi connectivity index (χ2n) is 5.84. The third-order valence-electron chi connectivity index (χ3n) is 4.66. The highest BCUT2D eigenvalue weighted by molar-refractivity contribution is 7.80. The molecule has 0 aromatic heterocycles. The number of hydrogen-bond acceptors (Lipinski definition) is 2. The van der Waals surface area contributed by atoms with E-state index in [1.807, 2.05) is 0 Å². The Balaban J connectivity index is 1.47. The molecule has 3 saturated heterocycles. The van der Waals surface area contributed by atoms with Gasteiger partial charge in [0.1, 0.15) is 0 Å². The quantitative estimate of drug-likeness (QED) is 0.729. The molecule has 0 aromatic rings. The number of nitrogens with zero attached hydrogens (tertiary/aromatic N) is 1. The molecule has 4 heteroatoms. The van der Waals surface area contributed by atoms with E-state index >= 15 is 0 Å². The maximum atomic E-state index is 5.45. The first-order valence-electron chi connectivity index (χ1n) is 7.10. The summed E-state index contributed by atoms with van der Waals surface area (Å²) in [5.74, 6) is 0.850. The van der Waals surface area contributed by atoms with Gasteiger partial charge in [-0.05, 0) is 56.9 Å². The van der Waals surface area contributed by atoms with Gasteiger partial charge in [-0.1, -0.05) is 12.8 Å². The van der Waals surface area contributed by atoms with Crippen LogP contribution in [0.15, 0.2) is 0 Å².